The molecule has 2 amide bonds. The molecule has 0 heterocycles. The second-order valence-corrected chi connectivity index (χ2v) is 9.73. The van der Waals surface area contributed by atoms with E-state index in [-0.39, 0.29) is 23.1 Å². The highest BCUT2D eigenvalue weighted by atomic mass is 32.2. The summed E-state index contributed by atoms with van der Waals surface area (Å²) >= 11 is 0. The van der Waals surface area contributed by atoms with Crippen LogP contribution < -0.4 is 10.0 Å². The first-order valence-electron chi connectivity index (χ1n) is 11.5. The van der Waals surface area contributed by atoms with Crippen LogP contribution in [-0.2, 0) is 37.3 Å². The number of hydrogen-bond donors (Lipinski definition) is 2. The molecule has 2 rings (SSSR count). The summed E-state index contributed by atoms with van der Waals surface area (Å²) in [5.74, 6) is -0.355. The van der Waals surface area contributed by atoms with Gasteiger partial charge < -0.3 is 15.0 Å². The van der Waals surface area contributed by atoms with Gasteiger partial charge in [0.2, 0.25) is 21.8 Å². The summed E-state index contributed by atoms with van der Waals surface area (Å²) in [5.41, 5.74) is 1.79. The van der Waals surface area contributed by atoms with Crippen molar-refractivity contribution >= 4 is 21.8 Å². The van der Waals surface area contributed by atoms with E-state index < -0.39 is 16.1 Å². The van der Waals surface area contributed by atoms with Crippen LogP contribution >= 0.6 is 0 Å². The number of rotatable bonds is 14. The molecular formula is C25H35N3O5S. The summed E-state index contributed by atoms with van der Waals surface area (Å²) in [6.07, 6.45) is 1.34. The quantitative estimate of drug-likeness (QED) is 0.397. The predicted octanol–water partition coefficient (Wildman–Crippen LogP) is 2.49. The van der Waals surface area contributed by atoms with Gasteiger partial charge in [0.25, 0.3) is 0 Å². The van der Waals surface area contributed by atoms with Crippen LogP contribution in [0, 0.1) is 0 Å². The zero-order valence-corrected chi connectivity index (χ0v) is 20.9. The van der Waals surface area contributed by atoms with Crippen molar-refractivity contribution in [2.45, 2.75) is 50.6 Å². The fourth-order valence-corrected chi connectivity index (χ4v) is 4.48. The van der Waals surface area contributed by atoms with Crippen LogP contribution in [0.1, 0.15) is 37.8 Å². The van der Waals surface area contributed by atoms with Crippen molar-refractivity contribution in [2.75, 3.05) is 26.8 Å². The Hall–Kier alpha value is -2.75. The normalized spacial score (nSPS) is 12.2. The first kappa shape index (κ1) is 27.5. The van der Waals surface area contributed by atoms with E-state index >= 15 is 0 Å². The van der Waals surface area contributed by atoms with Crippen LogP contribution in [0.15, 0.2) is 59.5 Å². The maximum atomic E-state index is 13.2. The van der Waals surface area contributed by atoms with Crippen LogP contribution in [0.25, 0.3) is 0 Å². The second kappa shape index (κ2) is 13.8. The van der Waals surface area contributed by atoms with E-state index in [1.54, 1.807) is 38.0 Å². The molecule has 0 bridgehead atoms. The Morgan fingerprint density at radius 3 is 2.32 bits per heavy atom. The zero-order chi connectivity index (χ0) is 25.0. The van der Waals surface area contributed by atoms with Gasteiger partial charge in [0.1, 0.15) is 6.04 Å². The van der Waals surface area contributed by atoms with Gasteiger partial charge in [-0.05, 0) is 43.0 Å². The molecule has 0 saturated carbocycles. The minimum absolute atomic E-state index is 0.146. The molecule has 0 spiro atoms. The molecule has 0 saturated heterocycles. The Balaban J connectivity index is 2.06. The SMILES string of the molecule is CCNS(=O)(=O)c1ccc(CCC(=O)N(Cc2ccccc2)C(C)C(=O)NCCCOC)cc1. The molecule has 9 heteroatoms. The van der Waals surface area contributed by atoms with Gasteiger partial charge in [0, 0.05) is 39.8 Å². The molecule has 2 aromatic rings. The Kier molecular flexibility index (Phi) is 11.2. The molecule has 2 N–H and O–H groups in total. The number of hydrogen-bond acceptors (Lipinski definition) is 5. The van der Waals surface area contributed by atoms with Gasteiger partial charge in [-0.15, -0.1) is 0 Å². The molecule has 186 valence electrons. The molecule has 0 aliphatic carbocycles. The second-order valence-electron chi connectivity index (χ2n) is 7.97. The number of sulfonamides is 1. The number of carbonyl (C=O) groups is 2. The molecule has 0 fully saturated rings. The van der Waals surface area contributed by atoms with Gasteiger partial charge in [-0.2, -0.15) is 0 Å². The summed E-state index contributed by atoms with van der Waals surface area (Å²) < 4.78 is 31.7. The van der Waals surface area contributed by atoms with E-state index in [9.17, 15) is 18.0 Å². The topological polar surface area (TPSA) is 105 Å². The third-order valence-electron chi connectivity index (χ3n) is 5.38. The average molecular weight is 490 g/mol. The molecule has 1 unspecified atom stereocenters. The van der Waals surface area contributed by atoms with Crippen LogP contribution in [0.4, 0.5) is 0 Å². The Morgan fingerprint density at radius 1 is 1.03 bits per heavy atom. The monoisotopic (exact) mass is 489 g/mol. The number of carbonyl (C=O) groups excluding carboxylic acids is 2. The molecule has 1 atom stereocenters. The van der Waals surface area contributed by atoms with Crippen LogP contribution in [0.5, 0.6) is 0 Å². The van der Waals surface area contributed by atoms with Crippen molar-refractivity contribution in [3.63, 3.8) is 0 Å². The Bertz CT molecular complexity index is 1010. The smallest absolute Gasteiger partial charge is 0.242 e. The molecular weight excluding hydrogens is 454 g/mol. The lowest BCUT2D eigenvalue weighted by Crippen LogP contribution is -2.48. The summed E-state index contributed by atoms with van der Waals surface area (Å²) in [6, 6.07) is 15.4. The highest BCUT2D eigenvalue weighted by Gasteiger charge is 2.25. The zero-order valence-electron chi connectivity index (χ0n) is 20.1. The maximum Gasteiger partial charge on any atom is 0.242 e. The van der Waals surface area contributed by atoms with E-state index in [1.165, 1.54) is 12.1 Å². The van der Waals surface area contributed by atoms with Crippen LogP contribution in [0.3, 0.4) is 0 Å². The minimum Gasteiger partial charge on any atom is -0.385 e. The lowest BCUT2D eigenvalue weighted by Gasteiger charge is -2.29. The van der Waals surface area contributed by atoms with Gasteiger partial charge in [-0.25, -0.2) is 13.1 Å². The average Bonchev–Trinajstić information content (AvgIpc) is 2.84. The summed E-state index contributed by atoms with van der Waals surface area (Å²) in [7, 11) is -1.91. The predicted molar refractivity (Wildman–Crippen MR) is 132 cm³/mol. The Labute approximate surface area is 202 Å². The van der Waals surface area contributed by atoms with Gasteiger partial charge >= 0.3 is 0 Å². The lowest BCUT2D eigenvalue weighted by molar-refractivity contribution is -0.140. The first-order valence-corrected chi connectivity index (χ1v) is 13.0. The van der Waals surface area contributed by atoms with Gasteiger partial charge in [0.15, 0.2) is 0 Å². The number of benzene rings is 2. The number of nitrogens with zero attached hydrogens (tertiary/aromatic N) is 1. The van der Waals surface area contributed by atoms with Gasteiger partial charge in [0.05, 0.1) is 4.90 Å². The lowest BCUT2D eigenvalue weighted by atomic mass is 10.1. The highest BCUT2D eigenvalue weighted by Crippen LogP contribution is 2.15. The number of ether oxygens (including phenoxy) is 1. The maximum absolute atomic E-state index is 13.2. The number of aryl methyl sites for hydroxylation is 1. The third kappa shape index (κ3) is 8.55. The van der Waals surface area contributed by atoms with Crippen molar-refractivity contribution in [1.82, 2.24) is 14.9 Å². The fraction of sp³-hybridized carbons (Fsp3) is 0.440. The standard InChI is InChI=1S/C25H35N3O5S/c1-4-27-34(31,32)23-14-11-21(12-15-23)13-16-24(29)28(19-22-9-6-5-7-10-22)20(2)25(30)26-17-8-18-33-3/h5-7,9-12,14-15,20,27H,4,8,13,16-19H2,1-3H3,(H,26,30). The first-order chi connectivity index (χ1) is 16.3. The van der Waals surface area contributed by atoms with Gasteiger partial charge in [-0.3, -0.25) is 9.59 Å². The van der Waals surface area contributed by atoms with Crippen molar-refractivity contribution in [2.24, 2.45) is 0 Å². The number of nitrogens with one attached hydrogen (secondary N) is 2. The number of amides is 2. The van der Waals surface area contributed by atoms with Crippen LogP contribution in [0.2, 0.25) is 0 Å². The largest absolute Gasteiger partial charge is 0.385 e. The van der Waals surface area contributed by atoms with E-state index in [0.717, 1.165) is 11.1 Å². The van der Waals surface area contributed by atoms with Crippen molar-refractivity contribution in [1.29, 1.82) is 0 Å². The molecule has 0 aliphatic rings. The van der Waals surface area contributed by atoms with Crippen molar-refractivity contribution in [3.05, 3.63) is 65.7 Å². The minimum atomic E-state index is -3.52. The van der Waals surface area contributed by atoms with Crippen LogP contribution in [-0.4, -0.2) is 58.0 Å². The molecule has 34 heavy (non-hydrogen) atoms. The van der Waals surface area contributed by atoms with E-state index in [2.05, 4.69) is 10.0 Å². The summed E-state index contributed by atoms with van der Waals surface area (Å²) in [6.45, 7) is 5.12. The number of methoxy groups -OCH3 is 1. The summed E-state index contributed by atoms with van der Waals surface area (Å²) in [4.78, 5) is 27.6. The molecule has 2 aromatic carbocycles. The highest BCUT2D eigenvalue weighted by molar-refractivity contribution is 7.89. The van der Waals surface area contributed by atoms with Gasteiger partial charge in [-0.1, -0.05) is 49.4 Å². The molecule has 0 aromatic heterocycles. The van der Waals surface area contributed by atoms with E-state index in [4.69, 9.17) is 4.74 Å². The summed E-state index contributed by atoms with van der Waals surface area (Å²) in [5, 5.41) is 2.87. The van der Waals surface area contributed by atoms with E-state index in [0.29, 0.717) is 39.1 Å². The van der Waals surface area contributed by atoms with Crippen molar-refractivity contribution < 1.29 is 22.7 Å². The Morgan fingerprint density at radius 2 is 1.71 bits per heavy atom. The van der Waals surface area contributed by atoms with E-state index in [1.807, 2.05) is 30.3 Å². The third-order valence-corrected chi connectivity index (χ3v) is 6.94. The fourth-order valence-electron chi connectivity index (χ4n) is 3.44. The van der Waals surface area contributed by atoms with Crippen molar-refractivity contribution in [3.8, 4) is 0 Å². The molecule has 8 nitrogen and oxygen atoms in total. The molecule has 0 aliphatic heterocycles. The molecule has 0 radical (unpaired) electrons.